The van der Waals surface area contributed by atoms with Gasteiger partial charge in [-0.1, -0.05) is 26.0 Å². The van der Waals surface area contributed by atoms with E-state index in [1.165, 1.54) is 11.8 Å². The molecule has 0 bridgehead atoms. The van der Waals surface area contributed by atoms with E-state index >= 15 is 0 Å². The van der Waals surface area contributed by atoms with E-state index in [1.54, 1.807) is 6.20 Å². The lowest BCUT2D eigenvalue weighted by molar-refractivity contribution is -0.124. The molecular formula is C25H22N4O4S. The van der Waals surface area contributed by atoms with E-state index in [0.717, 1.165) is 16.7 Å². The second kappa shape index (κ2) is 7.46. The zero-order chi connectivity index (χ0) is 23.6. The predicted octanol–water partition coefficient (Wildman–Crippen LogP) is 5.56. The number of furan rings is 1. The maximum atomic E-state index is 13.3. The number of fused-ring (bicyclic) bond motifs is 3. The number of aliphatic imine (C=N–C) groups is 1. The molecule has 0 spiro atoms. The summed E-state index contributed by atoms with van der Waals surface area (Å²) >= 11 is 1.37. The average Bonchev–Trinajstić information content (AvgIpc) is 3.49. The molecule has 9 heteroatoms. The summed E-state index contributed by atoms with van der Waals surface area (Å²) in [5, 5.41) is 11.0. The zero-order valence-electron chi connectivity index (χ0n) is 18.6. The topological polar surface area (TPSA) is 124 Å². The number of carbonyl (C=O) groups excluding carboxylic acids is 1. The Hall–Kier alpha value is -3.59. The van der Waals surface area contributed by atoms with Crippen LogP contribution in [0, 0.1) is 11.3 Å². The summed E-state index contributed by atoms with van der Waals surface area (Å²) in [5.41, 5.74) is 3.41. The Balaban J connectivity index is 1.40. The molecule has 4 aromatic rings. The van der Waals surface area contributed by atoms with Gasteiger partial charge in [-0.25, -0.2) is 9.78 Å². The molecular weight excluding hydrogens is 452 g/mol. The number of aromatic nitrogens is 3. The third kappa shape index (κ3) is 3.38. The molecule has 8 nitrogen and oxygen atoms in total. The number of aromatic carboxylic acids is 1. The van der Waals surface area contributed by atoms with Crippen LogP contribution in [-0.4, -0.2) is 37.5 Å². The first-order valence-electron chi connectivity index (χ1n) is 11.1. The molecule has 0 radical (unpaired) electrons. The number of H-pyrrole nitrogens is 2. The SMILES string of the molecule is CC1(C)CC(=O)C2C(=Nc3c(c[nH]c3C(=O)O)C2c2ccc(Sc3nc4ccccc4[nH]3)o2)C1. The van der Waals surface area contributed by atoms with Crippen LogP contribution in [0.3, 0.4) is 0 Å². The number of carboxylic acids is 1. The van der Waals surface area contributed by atoms with Gasteiger partial charge >= 0.3 is 5.97 Å². The number of ketones is 1. The first-order valence-corrected chi connectivity index (χ1v) is 11.9. The molecule has 1 aliphatic carbocycles. The van der Waals surface area contributed by atoms with Crippen LogP contribution in [0.25, 0.3) is 11.0 Å². The minimum absolute atomic E-state index is 0.0326. The fourth-order valence-electron chi connectivity index (χ4n) is 5.14. The van der Waals surface area contributed by atoms with Crippen LogP contribution < -0.4 is 0 Å². The van der Waals surface area contributed by atoms with Gasteiger partial charge < -0.3 is 19.5 Å². The van der Waals surface area contributed by atoms with Crippen molar-refractivity contribution in [2.24, 2.45) is 16.3 Å². The van der Waals surface area contributed by atoms with Crippen LogP contribution >= 0.6 is 11.8 Å². The van der Waals surface area contributed by atoms with E-state index < -0.39 is 17.8 Å². The standard InChI is InChI=1S/C25H22N4O4S/c1-25(2)9-15-20(16(30)10-25)19(12-11-26-22(23(31)32)21(12)27-15)17-7-8-18(33-17)34-24-28-13-5-3-4-6-14(13)29-24/h3-8,11,19-20,26H,9-10H2,1-2H3,(H,28,29)(H,31,32). The highest BCUT2D eigenvalue weighted by molar-refractivity contribution is 7.99. The van der Waals surface area contributed by atoms with E-state index in [1.807, 2.05) is 50.2 Å². The van der Waals surface area contributed by atoms with Gasteiger partial charge in [-0.3, -0.25) is 9.79 Å². The van der Waals surface area contributed by atoms with Crippen molar-refractivity contribution in [2.45, 2.75) is 42.9 Å². The molecule has 1 aromatic carbocycles. The number of nitrogens with one attached hydrogen (secondary N) is 2. The Kier molecular flexibility index (Phi) is 4.60. The van der Waals surface area contributed by atoms with Gasteiger partial charge in [0, 0.05) is 23.9 Å². The number of imidazole rings is 1. The van der Waals surface area contributed by atoms with Gasteiger partial charge in [0.05, 0.1) is 28.6 Å². The lowest BCUT2D eigenvalue weighted by Gasteiger charge is -2.39. The second-order valence-electron chi connectivity index (χ2n) is 9.63. The number of carboxylic acid groups (broad SMARTS) is 1. The first kappa shape index (κ1) is 21.0. The van der Waals surface area contributed by atoms with Gasteiger partial charge in [0.25, 0.3) is 0 Å². The van der Waals surface area contributed by atoms with Crippen LogP contribution in [0.15, 0.2) is 62.3 Å². The molecule has 1 fully saturated rings. The van der Waals surface area contributed by atoms with Gasteiger partial charge in [0.2, 0.25) is 0 Å². The van der Waals surface area contributed by atoms with Crippen LogP contribution in [0.4, 0.5) is 5.69 Å². The van der Waals surface area contributed by atoms with Gasteiger partial charge in [0.1, 0.15) is 11.5 Å². The summed E-state index contributed by atoms with van der Waals surface area (Å²) in [4.78, 5) is 40.5. The summed E-state index contributed by atoms with van der Waals surface area (Å²) in [7, 11) is 0. The summed E-state index contributed by atoms with van der Waals surface area (Å²) in [6.07, 6.45) is 2.72. The summed E-state index contributed by atoms with van der Waals surface area (Å²) in [5.74, 6) is -1.26. The smallest absolute Gasteiger partial charge is 0.354 e. The molecule has 6 rings (SSSR count). The fraction of sp³-hybridized carbons (Fsp3) is 0.280. The normalized spacial score (nSPS) is 21.2. The van der Waals surface area contributed by atoms with Crippen molar-refractivity contribution >= 4 is 45.9 Å². The van der Waals surface area contributed by atoms with Crippen molar-refractivity contribution in [3.63, 3.8) is 0 Å². The van der Waals surface area contributed by atoms with E-state index in [9.17, 15) is 14.7 Å². The minimum atomic E-state index is -1.08. The fourth-order valence-corrected chi connectivity index (χ4v) is 5.91. The van der Waals surface area contributed by atoms with Crippen molar-refractivity contribution < 1.29 is 19.1 Å². The lowest BCUT2D eigenvalue weighted by atomic mass is 9.65. The van der Waals surface area contributed by atoms with E-state index in [-0.39, 0.29) is 16.9 Å². The van der Waals surface area contributed by atoms with E-state index in [4.69, 9.17) is 9.41 Å². The number of Topliss-reactive ketones (excluding diaryl/α,β-unsaturated/α-hetero) is 1. The Morgan fingerprint density at radius 2 is 2.00 bits per heavy atom. The van der Waals surface area contributed by atoms with Crippen molar-refractivity contribution in [1.29, 1.82) is 0 Å². The lowest BCUT2D eigenvalue weighted by Crippen LogP contribution is -2.42. The predicted molar refractivity (Wildman–Crippen MR) is 127 cm³/mol. The molecule has 0 amide bonds. The highest BCUT2D eigenvalue weighted by Crippen LogP contribution is 2.50. The number of nitrogens with zero attached hydrogens (tertiary/aromatic N) is 2. The highest BCUT2D eigenvalue weighted by Gasteiger charge is 2.47. The molecule has 2 aliphatic rings. The molecule has 34 heavy (non-hydrogen) atoms. The van der Waals surface area contributed by atoms with Gasteiger partial charge in [-0.2, -0.15) is 0 Å². The summed E-state index contributed by atoms with van der Waals surface area (Å²) in [6.45, 7) is 4.08. The third-order valence-corrected chi connectivity index (χ3v) is 7.32. The first-order chi connectivity index (χ1) is 16.3. The monoisotopic (exact) mass is 474 g/mol. The average molecular weight is 475 g/mol. The minimum Gasteiger partial charge on any atom is -0.477 e. The Bertz CT molecular complexity index is 1460. The number of benzene rings is 1. The maximum Gasteiger partial charge on any atom is 0.354 e. The van der Waals surface area contributed by atoms with Crippen LogP contribution in [0.5, 0.6) is 0 Å². The van der Waals surface area contributed by atoms with Crippen LogP contribution in [0.1, 0.15) is 54.4 Å². The molecule has 172 valence electrons. The maximum absolute atomic E-state index is 13.3. The van der Waals surface area contributed by atoms with E-state index in [2.05, 4.69) is 15.0 Å². The van der Waals surface area contributed by atoms with Gasteiger partial charge in [-0.15, -0.1) is 0 Å². The van der Waals surface area contributed by atoms with Gasteiger partial charge in [-0.05, 0) is 47.9 Å². The molecule has 3 aromatic heterocycles. The van der Waals surface area contributed by atoms with Crippen molar-refractivity contribution in [2.75, 3.05) is 0 Å². The summed E-state index contributed by atoms with van der Waals surface area (Å²) < 4.78 is 6.23. The number of aromatic amines is 2. The molecule has 4 heterocycles. The number of carbonyl (C=O) groups is 2. The molecule has 1 saturated carbocycles. The van der Waals surface area contributed by atoms with Crippen molar-refractivity contribution in [3.8, 4) is 0 Å². The number of para-hydroxylation sites is 2. The molecule has 2 atom stereocenters. The third-order valence-electron chi connectivity index (χ3n) is 6.51. The Labute approximate surface area is 198 Å². The Morgan fingerprint density at radius 1 is 1.18 bits per heavy atom. The highest BCUT2D eigenvalue weighted by atomic mass is 32.2. The van der Waals surface area contributed by atoms with Crippen LogP contribution in [-0.2, 0) is 4.79 Å². The molecule has 0 saturated heterocycles. The zero-order valence-corrected chi connectivity index (χ0v) is 19.4. The van der Waals surface area contributed by atoms with Gasteiger partial charge in [0.15, 0.2) is 15.9 Å². The molecule has 3 N–H and O–H groups in total. The summed E-state index contributed by atoms with van der Waals surface area (Å²) in [6, 6.07) is 11.5. The second-order valence-corrected chi connectivity index (χ2v) is 10.6. The van der Waals surface area contributed by atoms with Crippen molar-refractivity contribution in [1.82, 2.24) is 15.0 Å². The van der Waals surface area contributed by atoms with Crippen molar-refractivity contribution in [3.05, 3.63) is 59.6 Å². The number of hydrogen-bond donors (Lipinski definition) is 3. The largest absolute Gasteiger partial charge is 0.477 e. The Morgan fingerprint density at radius 3 is 2.79 bits per heavy atom. The quantitative estimate of drug-likeness (QED) is 0.356. The molecule has 1 aliphatic heterocycles. The molecule has 2 unspecified atom stereocenters. The van der Waals surface area contributed by atoms with Crippen LogP contribution in [0.2, 0.25) is 0 Å². The number of rotatable bonds is 4. The van der Waals surface area contributed by atoms with E-state index in [0.29, 0.717) is 40.1 Å². The number of hydrogen-bond acceptors (Lipinski definition) is 6.